The molecule has 7 nitrogen and oxygen atoms in total. The maximum absolute atomic E-state index is 13.3. The van der Waals surface area contributed by atoms with Gasteiger partial charge in [-0.25, -0.2) is 14.2 Å². The number of aromatic nitrogens is 1. The van der Waals surface area contributed by atoms with Crippen molar-refractivity contribution in [2.75, 3.05) is 7.05 Å². The molecule has 2 heterocycles. The Labute approximate surface area is 204 Å². The topological polar surface area (TPSA) is 102 Å². The summed E-state index contributed by atoms with van der Waals surface area (Å²) in [5, 5.41) is 13.4. The Morgan fingerprint density at radius 2 is 2.18 bits per heavy atom. The zero-order chi connectivity index (χ0) is 24.7. The number of nitrogens with one attached hydrogen (secondary N) is 1. The summed E-state index contributed by atoms with van der Waals surface area (Å²) in [5.74, 6) is -1.02. The minimum atomic E-state index is -0.889. The molecule has 3 rings (SSSR count). The van der Waals surface area contributed by atoms with Crippen LogP contribution in [0.5, 0.6) is 16.7 Å². The molecule has 178 valence electrons. The van der Waals surface area contributed by atoms with Crippen molar-refractivity contribution in [2.45, 2.75) is 26.2 Å². The second-order valence-corrected chi connectivity index (χ2v) is 8.64. The predicted molar refractivity (Wildman–Crippen MR) is 129 cm³/mol. The molecule has 2 N–H and O–H groups in total. The van der Waals surface area contributed by atoms with Gasteiger partial charge in [0.05, 0.1) is 9.90 Å². The number of Topliss-reactive ketones (excluding diaryl/α,β-unsaturated/α-hetero) is 1. The third-order valence-electron chi connectivity index (χ3n) is 4.60. The summed E-state index contributed by atoms with van der Waals surface area (Å²) < 4.78 is 24.1. The second kappa shape index (κ2) is 11.6. The minimum Gasteiger partial charge on any atom is -0.507 e. The van der Waals surface area contributed by atoms with E-state index < -0.39 is 28.5 Å². The van der Waals surface area contributed by atoms with E-state index >= 15 is 0 Å². The van der Waals surface area contributed by atoms with Crippen molar-refractivity contribution in [2.24, 2.45) is 0 Å². The van der Waals surface area contributed by atoms with Gasteiger partial charge in [-0.2, -0.15) is 0 Å². The molecule has 0 unspecified atom stereocenters. The number of unbranched alkanes of at least 4 members (excludes halogenated alkanes) is 1. The van der Waals surface area contributed by atoms with Gasteiger partial charge in [-0.15, -0.1) is 0 Å². The standard InChI is InChI=1S/C24H22ClFN2O5S/c1-14(10-17-13-28-24(34-17)33-16-7-8-19(26)18(25)11-16)22(30)21-20(29)12-15(32-23(21)31)6-4-3-5-9-27-2/h5,7-13,27,29H,3-4,6H2,1-2H3/b9-5+,14-10+. The van der Waals surface area contributed by atoms with E-state index in [1.807, 2.05) is 6.08 Å². The zero-order valence-electron chi connectivity index (χ0n) is 18.4. The molecule has 0 spiro atoms. The van der Waals surface area contributed by atoms with E-state index in [4.69, 9.17) is 20.8 Å². The van der Waals surface area contributed by atoms with Crippen LogP contribution in [-0.4, -0.2) is 22.9 Å². The van der Waals surface area contributed by atoms with Gasteiger partial charge in [-0.3, -0.25) is 4.79 Å². The predicted octanol–water partition coefficient (Wildman–Crippen LogP) is 5.73. The highest BCUT2D eigenvalue weighted by Gasteiger charge is 2.20. The number of aromatic hydroxyl groups is 1. The summed E-state index contributed by atoms with van der Waals surface area (Å²) in [5.41, 5.74) is -1.11. The molecule has 0 fully saturated rings. The molecule has 34 heavy (non-hydrogen) atoms. The molecule has 0 bridgehead atoms. The van der Waals surface area contributed by atoms with Gasteiger partial charge in [-0.05, 0) is 49.7 Å². The Morgan fingerprint density at radius 1 is 1.38 bits per heavy atom. The van der Waals surface area contributed by atoms with E-state index in [0.717, 1.165) is 17.8 Å². The van der Waals surface area contributed by atoms with Crippen LogP contribution in [0.4, 0.5) is 4.39 Å². The van der Waals surface area contributed by atoms with Gasteiger partial charge < -0.3 is 19.6 Å². The van der Waals surface area contributed by atoms with Crippen molar-refractivity contribution in [3.8, 4) is 16.7 Å². The lowest BCUT2D eigenvalue weighted by Crippen LogP contribution is -2.16. The van der Waals surface area contributed by atoms with E-state index in [1.165, 1.54) is 43.5 Å². The van der Waals surface area contributed by atoms with Gasteiger partial charge in [0, 0.05) is 31.8 Å². The van der Waals surface area contributed by atoms with Gasteiger partial charge in [0.2, 0.25) is 0 Å². The fourth-order valence-corrected chi connectivity index (χ4v) is 3.91. The van der Waals surface area contributed by atoms with Gasteiger partial charge in [0.1, 0.15) is 28.6 Å². The second-order valence-electron chi connectivity index (χ2n) is 7.21. The Bertz CT molecular complexity index is 1300. The fourth-order valence-electron chi connectivity index (χ4n) is 2.96. The molecule has 0 aliphatic carbocycles. The molecular formula is C24H22ClFN2O5S. The number of carbonyl (C=O) groups excluding carboxylic acids is 1. The number of aryl methyl sites for hydroxylation is 1. The number of benzene rings is 1. The first-order valence-corrected chi connectivity index (χ1v) is 11.5. The molecule has 0 atom stereocenters. The number of rotatable bonds is 10. The lowest BCUT2D eigenvalue weighted by molar-refractivity contribution is 0.102. The number of ether oxygens (including phenoxy) is 1. The summed E-state index contributed by atoms with van der Waals surface area (Å²) in [6, 6.07) is 5.22. The van der Waals surface area contributed by atoms with Crippen molar-refractivity contribution in [1.82, 2.24) is 10.3 Å². The molecule has 3 aromatic rings. The highest BCUT2D eigenvalue weighted by Crippen LogP contribution is 2.30. The summed E-state index contributed by atoms with van der Waals surface area (Å²) >= 11 is 6.88. The Morgan fingerprint density at radius 3 is 2.88 bits per heavy atom. The van der Waals surface area contributed by atoms with Crippen LogP contribution < -0.4 is 15.7 Å². The molecule has 0 aliphatic rings. The normalized spacial score (nSPS) is 11.7. The Kier molecular flexibility index (Phi) is 8.61. The number of nitrogens with zero attached hydrogens (tertiary/aromatic N) is 1. The zero-order valence-corrected chi connectivity index (χ0v) is 20.0. The Balaban J connectivity index is 1.71. The Hall–Kier alpha value is -3.43. The van der Waals surface area contributed by atoms with Crippen LogP contribution >= 0.6 is 22.9 Å². The quantitative estimate of drug-likeness (QED) is 0.206. The van der Waals surface area contributed by atoms with Gasteiger partial charge in [0.15, 0.2) is 5.78 Å². The van der Waals surface area contributed by atoms with Crippen LogP contribution in [0.25, 0.3) is 6.08 Å². The third-order valence-corrected chi connectivity index (χ3v) is 5.71. The first kappa shape index (κ1) is 25.2. The first-order chi connectivity index (χ1) is 16.3. The fraction of sp³-hybridized carbons (Fsp3) is 0.208. The number of thiazole rings is 1. The van der Waals surface area contributed by atoms with Crippen LogP contribution in [-0.2, 0) is 6.42 Å². The number of halogens is 2. The average Bonchev–Trinajstić information content (AvgIpc) is 3.22. The van der Waals surface area contributed by atoms with Crippen LogP contribution in [0.3, 0.4) is 0 Å². The van der Waals surface area contributed by atoms with Crippen molar-refractivity contribution >= 4 is 34.8 Å². The van der Waals surface area contributed by atoms with Crippen LogP contribution in [0.15, 0.2) is 57.5 Å². The molecule has 10 heteroatoms. The average molecular weight is 505 g/mol. The number of hydrogen-bond acceptors (Lipinski definition) is 8. The SMILES string of the molecule is CN/C=C/CCCc1cc(O)c(C(=O)/C(C)=C/c2cnc(Oc3ccc(F)c(Cl)c3)s2)c(=O)o1. The van der Waals surface area contributed by atoms with E-state index in [-0.39, 0.29) is 15.8 Å². The number of hydrogen-bond donors (Lipinski definition) is 2. The maximum atomic E-state index is 13.3. The first-order valence-electron chi connectivity index (χ1n) is 10.3. The minimum absolute atomic E-state index is 0.0779. The van der Waals surface area contributed by atoms with Gasteiger partial charge in [0.25, 0.3) is 5.19 Å². The van der Waals surface area contributed by atoms with Crippen molar-refractivity contribution < 1.29 is 23.4 Å². The molecule has 2 aromatic heterocycles. The molecule has 0 radical (unpaired) electrons. The van der Waals surface area contributed by atoms with E-state index in [0.29, 0.717) is 29.2 Å². The summed E-state index contributed by atoms with van der Waals surface area (Å²) in [6.45, 7) is 1.52. The lowest BCUT2D eigenvalue weighted by Gasteiger charge is -2.05. The third kappa shape index (κ3) is 6.55. The van der Waals surface area contributed by atoms with E-state index in [1.54, 1.807) is 13.2 Å². The molecule has 0 amide bonds. The molecule has 0 saturated carbocycles. The summed E-state index contributed by atoms with van der Waals surface area (Å²) in [7, 11) is 1.80. The highest BCUT2D eigenvalue weighted by atomic mass is 35.5. The number of ketones is 1. The molecule has 1 aromatic carbocycles. The molecular weight excluding hydrogens is 483 g/mol. The summed E-state index contributed by atoms with van der Waals surface area (Å²) in [6.07, 6.45) is 8.68. The van der Waals surface area contributed by atoms with Gasteiger partial charge in [-0.1, -0.05) is 29.0 Å². The van der Waals surface area contributed by atoms with Crippen LogP contribution in [0.2, 0.25) is 5.02 Å². The van der Waals surface area contributed by atoms with Crippen LogP contribution in [0, 0.1) is 5.82 Å². The highest BCUT2D eigenvalue weighted by molar-refractivity contribution is 7.14. The number of allylic oxidation sites excluding steroid dienone is 2. The van der Waals surface area contributed by atoms with Crippen molar-refractivity contribution in [1.29, 1.82) is 0 Å². The monoisotopic (exact) mass is 504 g/mol. The molecule has 0 saturated heterocycles. The largest absolute Gasteiger partial charge is 0.507 e. The van der Waals surface area contributed by atoms with E-state index in [9.17, 15) is 19.1 Å². The molecule has 0 aliphatic heterocycles. The lowest BCUT2D eigenvalue weighted by atomic mass is 10.0. The van der Waals surface area contributed by atoms with Crippen molar-refractivity contribution in [3.63, 3.8) is 0 Å². The maximum Gasteiger partial charge on any atom is 0.351 e. The van der Waals surface area contributed by atoms with Crippen LogP contribution in [0.1, 0.15) is 40.8 Å². The number of carbonyl (C=O) groups is 1. The summed E-state index contributed by atoms with van der Waals surface area (Å²) in [4.78, 5) is 29.9. The van der Waals surface area contributed by atoms with Crippen molar-refractivity contribution in [3.05, 3.63) is 85.8 Å². The van der Waals surface area contributed by atoms with E-state index in [2.05, 4.69) is 10.3 Å². The smallest absolute Gasteiger partial charge is 0.351 e. The van der Waals surface area contributed by atoms with Gasteiger partial charge >= 0.3 is 5.63 Å².